The molecular formula is C15H16N4O4. The SMILES string of the molecule is CN(C)c1cccc(CNc2ccc([N+](=O)[O-])cc2[N+](=O)[O-])c1. The van der Waals surface area contributed by atoms with E-state index in [0.717, 1.165) is 17.3 Å². The van der Waals surface area contributed by atoms with Gasteiger partial charge in [-0.05, 0) is 23.8 Å². The molecule has 8 heteroatoms. The van der Waals surface area contributed by atoms with Crippen LogP contribution in [0.3, 0.4) is 0 Å². The molecule has 2 rings (SSSR count). The second-order valence-electron chi connectivity index (χ2n) is 5.13. The van der Waals surface area contributed by atoms with E-state index in [1.165, 1.54) is 12.1 Å². The van der Waals surface area contributed by atoms with E-state index < -0.39 is 9.85 Å². The zero-order valence-corrected chi connectivity index (χ0v) is 12.7. The number of rotatable bonds is 6. The molecule has 0 aliphatic rings. The van der Waals surface area contributed by atoms with Gasteiger partial charge in [0, 0.05) is 32.4 Å². The standard InChI is InChI=1S/C15H16N4O4/c1-17(2)12-5-3-4-11(8-12)10-16-14-7-6-13(18(20)21)9-15(14)19(22)23/h3-9,16H,10H2,1-2H3. The smallest absolute Gasteiger partial charge is 0.299 e. The third kappa shape index (κ3) is 3.94. The normalized spacial score (nSPS) is 10.2. The molecule has 2 aromatic rings. The number of nitro groups is 2. The fraction of sp³-hybridized carbons (Fsp3) is 0.200. The number of non-ortho nitro benzene ring substituents is 1. The van der Waals surface area contributed by atoms with E-state index in [4.69, 9.17) is 0 Å². The molecule has 1 N–H and O–H groups in total. The van der Waals surface area contributed by atoms with E-state index in [1.807, 2.05) is 43.3 Å². The Morgan fingerprint density at radius 3 is 2.39 bits per heavy atom. The molecule has 23 heavy (non-hydrogen) atoms. The first-order chi connectivity index (χ1) is 10.9. The van der Waals surface area contributed by atoms with Crippen LogP contribution in [0, 0.1) is 20.2 Å². The Morgan fingerprint density at radius 1 is 1.04 bits per heavy atom. The quantitative estimate of drug-likeness (QED) is 0.648. The van der Waals surface area contributed by atoms with Gasteiger partial charge in [-0.1, -0.05) is 12.1 Å². The van der Waals surface area contributed by atoms with E-state index in [2.05, 4.69) is 5.32 Å². The van der Waals surface area contributed by atoms with E-state index in [-0.39, 0.29) is 17.1 Å². The van der Waals surface area contributed by atoms with Crippen LogP contribution in [0.4, 0.5) is 22.7 Å². The van der Waals surface area contributed by atoms with E-state index in [9.17, 15) is 20.2 Å². The Kier molecular flexibility index (Phi) is 4.75. The summed E-state index contributed by atoms with van der Waals surface area (Å²) in [6, 6.07) is 11.3. The van der Waals surface area contributed by atoms with Crippen molar-refractivity contribution >= 4 is 22.7 Å². The van der Waals surface area contributed by atoms with Crippen molar-refractivity contribution in [1.82, 2.24) is 0 Å². The monoisotopic (exact) mass is 316 g/mol. The molecule has 0 saturated carbocycles. The fourth-order valence-corrected chi connectivity index (χ4v) is 2.08. The van der Waals surface area contributed by atoms with Crippen molar-refractivity contribution in [2.75, 3.05) is 24.3 Å². The fourth-order valence-electron chi connectivity index (χ4n) is 2.08. The molecule has 0 saturated heterocycles. The maximum Gasteiger partial charge on any atom is 0.299 e. The zero-order chi connectivity index (χ0) is 17.0. The van der Waals surface area contributed by atoms with Gasteiger partial charge < -0.3 is 10.2 Å². The summed E-state index contributed by atoms with van der Waals surface area (Å²) in [5.74, 6) is 0. The number of hydrogen-bond donors (Lipinski definition) is 1. The van der Waals surface area contributed by atoms with Gasteiger partial charge in [0.2, 0.25) is 0 Å². The van der Waals surface area contributed by atoms with Crippen molar-refractivity contribution in [3.8, 4) is 0 Å². The van der Waals surface area contributed by atoms with Gasteiger partial charge in [-0.15, -0.1) is 0 Å². The van der Waals surface area contributed by atoms with Gasteiger partial charge in [-0.3, -0.25) is 20.2 Å². The van der Waals surface area contributed by atoms with Crippen LogP contribution in [0.15, 0.2) is 42.5 Å². The largest absolute Gasteiger partial charge is 0.378 e. The highest BCUT2D eigenvalue weighted by Gasteiger charge is 2.19. The Hall–Kier alpha value is -3.16. The lowest BCUT2D eigenvalue weighted by Crippen LogP contribution is -2.09. The first-order valence-corrected chi connectivity index (χ1v) is 6.81. The summed E-state index contributed by atoms with van der Waals surface area (Å²) in [6.07, 6.45) is 0. The topological polar surface area (TPSA) is 102 Å². The second-order valence-corrected chi connectivity index (χ2v) is 5.13. The summed E-state index contributed by atoms with van der Waals surface area (Å²) in [5.41, 5.74) is 1.59. The van der Waals surface area contributed by atoms with Crippen molar-refractivity contribution in [2.24, 2.45) is 0 Å². The number of nitro benzene ring substituents is 2. The number of anilines is 2. The van der Waals surface area contributed by atoms with Crippen LogP contribution in [0.5, 0.6) is 0 Å². The van der Waals surface area contributed by atoms with E-state index in [1.54, 1.807) is 0 Å². The van der Waals surface area contributed by atoms with Gasteiger partial charge in [0.1, 0.15) is 5.69 Å². The molecule has 0 heterocycles. The van der Waals surface area contributed by atoms with Crippen LogP contribution < -0.4 is 10.2 Å². The lowest BCUT2D eigenvalue weighted by molar-refractivity contribution is -0.393. The summed E-state index contributed by atoms with van der Waals surface area (Å²) >= 11 is 0. The minimum Gasteiger partial charge on any atom is -0.378 e. The molecule has 0 fully saturated rings. The average molecular weight is 316 g/mol. The molecule has 0 spiro atoms. The molecule has 0 atom stereocenters. The van der Waals surface area contributed by atoms with Gasteiger partial charge in [-0.2, -0.15) is 0 Å². The highest BCUT2D eigenvalue weighted by molar-refractivity contribution is 5.65. The molecule has 0 amide bonds. The highest BCUT2D eigenvalue weighted by atomic mass is 16.6. The summed E-state index contributed by atoms with van der Waals surface area (Å²) in [7, 11) is 3.85. The molecular weight excluding hydrogens is 300 g/mol. The second kappa shape index (κ2) is 6.73. The number of hydrogen-bond acceptors (Lipinski definition) is 6. The molecule has 8 nitrogen and oxygen atoms in total. The lowest BCUT2D eigenvalue weighted by atomic mass is 10.1. The number of nitrogens with zero attached hydrogens (tertiary/aromatic N) is 3. The predicted molar refractivity (Wildman–Crippen MR) is 87.8 cm³/mol. The van der Waals surface area contributed by atoms with Crippen molar-refractivity contribution in [2.45, 2.75) is 6.54 Å². The molecule has 120 valence electrons. The lowest BCUT2D eigenvalue weighted by Gasteiger charge is -2.14. The van der Waals surface area contributed by atoms with Gasteiger partial charge >= 0.3 is 0 Å². The predicted octanol–water partition coefficient (Wildman–Crippen LogP) is 3.18. The minimum absolute atomic E-state index is 0.246. The van der Waals surface area contributed by atoms with Crippen molar-refractivity contribution in [3.05, 3.63) is 68.3 Å². The molecule has 0 aromatic heterocycles. The Morgan fingerprint density at radius 2 is 1.78 bits per heavy atom. The van der Waals surface area contributed by atoms with Crippen LogP contribution in [-0.4, -0.2) is 23.9 Å². The maximum absolute atomic E-state index is 11.1. The van der Waals surface area contributed by atoms with Crippen molar-refractivity contribution < 1.29 is 9.85 Å². The molecule has 0 aliphatic carbocycles. The molecule has 2 aromatic carbocycles. The first-order valence-electron chi connectivity index (χ1n) is 6.81. The minimum atomic E-state index is -0.655. The van der Waals surface area contributed by atoms with Gasteiger partial charge in [-0.25, -0.2) is 0 Å². The van der Waals surface area contributed by atoms with E-state index in [0.29, 0.717) is 6.54 Å². The highest BCUT2D eigenvalue weighted by Crippen LogP contribution is 2.29. The maximum atomic E-state index is 11.1. The van der Waals surface area contributed by atoms with Gasteiger partial charge in [0.25, 0.3) is 11.4 Å². The Balaban J connectivity index is 2.21. The van der Waals surface area contributed by atoms with Crippen LogP contribution in [0.25, 0.3) is 0 Å². The van der Waals surface area contributed by atoms with Crippen molar-refractivity contribution in [1.29, 1.82) is 0 Å². The third-order valence-corrected chi connectivity index (χ3v) is 3.30. The van der Waals surface area contributed by atoms with Gasteiger partial charge in [0.05, 0.1) is 15.9 Å². The zero-order valence-electron chi connectivity index (χ0n) is 12.7. The molecule has 0 bridgehead atoms. The number of benzene rings is 2. The Bertz CT molecular complexity index is 746. The first kappa shape index (κ1) is 16.2. The summed E-state index contributed by atoms with van der Waals surface area (Å²) in [6.45, 7) is 0.375. The van der Waals surface area contributed by atoms with Crippen molar-refractivity contribution in [3.63, 3.8) is 0 Å². The Labute approximate surface area is 132 Å². The van der Waals surface area contributed by atoms with E-state index >= 15 is 0 Å². The summed E-state index contributed by atoms with van der Waals surface area (Å²) in [5, 5.41) is 24.8. The summed E-state index contributed by atoms with van der Waals surface area (Å²) < 4.78 is 0. The van der Waals surface area contributed by atoms with Gasteiger partial charge in [0.15, 0.2) is 0 Å². The average Bonchev–Trinajstić information content (AvgIpc) is 2.52. The van der Waals surface area contributed by atoms with Crippen LogP contribution >= 0.6 is 0 Å². The van der Waals surface area contributed by atoms with Crippen LogP contribution in [0.1, 0.15) is 5.56 Å². The molecule has 0 unspecified atom stereocenters. The third-order valence-electron chi connectivity index (χ3n) is 3.30. The number of nitrogens with one attached hydrogen (secondary N) is 1. The van der Waals surface area contributed by atoms with Crippen LogP contribution in [0.2, 0.25) is 0 Å². The molecule has 0 aliphatic heterocycles. The summed E-state index contributed by atoms with van der Waals surface area (Å²) in [4.78, 5) is 22.5. The molecule has 0 radical (unpaired) electrons. The van der Waals surface area contributed by atoms with Crippen LogP contribution in [-0.2, 0) is 6.54 Å².